The molecule has 0 bridgehead atoms. The van der Waals surface area contributed by atoms with E-state index >= 15 is 0 Å². The second-order valence-corrected chi connectivity index (χ2v) is 7.55. The number of nitrogens with one attached hydrogen (secondary N) is 3. The first-order chi connectivity index (χ1) is 11.7. The maximum Gasteiger partial charge on any atom is 0.227 e. The zero-order chi connectivity index (χ0) is 16.6. The van der Waals surface area contributed by atoms with E-state index in [-0.39, 0.29) is 23.7 Å². The number of hydrogen-bond donors (Lipinski definition) is 3. The molecule has 1 saturated heterocycles. The van der Waals surface area contributed by atoms with Gasteiger partial charge in [-0.1, -0.05) is 25.0 Å². The Morgan fingerprint density at radius 3 is 3.12 bits per heavy atom. The minimum absolute atomic E-state index is 0. The van der Waals surface area contributed by atoms with E-state index in [0.29, 0.717) is 12.5 Å². The van der Waals surface area contributed by atoms with E-state index in [4.69, 9.17) is 0 Å². The molecule has 3 N–H and O–H groups in total. The van der Waals surface area contributed by atoms with E-state index < -0.39 is 0 Å². The van der Waals surface area contributed by atoms with Gasteiger partial charge in [0, 0.05) is 30.2 Å². The van der Waals surface area contributed by atoms with E-state index in [0.717, 1.165) is 25.9 Å². The van der Waals surface area contributed by atoms with Crippen LogP contribution in [0.3, 0.4) is 0 Å². The van der Waals surface area contributed by atoms with E-state index in [1.807, 2.05) is 0 Å². The molecule has 136 valence electrons. The Morgan fingerprint density at radius 2 is 2.24 bits per heavy atom. The summed E-state index contributed by atoms with van der Waals surface area (Å²) in [6, 6.07) is 6.34. The first kappa shape index (κ1) is 18.3. The number of H-pyrrole nitrogens is 1. The van der Waals surface area contributed by atoms with Gasteiger partial charge in [0.2, 0.25) is 5.91 Å². The number of aromatic amines is 1. The van der Waals surface area contributed by atoms with Gasteiger partial charge in [0.15, 0.2) is 0 Å². The predicted molar refractivity (Wildman–Crippen MR) is 104 cm³/mol. The van der Waals surface area contributed by atoms with Crippen molar-refractivity contribution in [1.82, 2.24) is 15.6 Å². The zero-order valence-electron chi connectivity index (χ0n) is 14.9. The van der Waals surface area contributed by atoms with Gasteiger partial charge >= 0.3 is 0 Å². The lowest BCUT2D eigenvalue weighted by molar-refractivity contribution is -0.133. The second-order valence-electron chi connectivity index (χ2n) is 7.55. The summed E-state index contributed by atoms with van der Waals surface area (Å²) < 4.78 is 0. The van der Waals surface area contributed by atoms with Crippen LogP contribution >= 0.6 is 12.4 Å². The SMILES string of the molecule is Cc1cccc2[nH]cc(CCNC(=O)[C@@]34CCCC[C@H]3CNC4)c12.Cl. The number of carbonyl (C=O) groups excluding carboxylic acids is 1. The maximum absolute atomic E-state index is 12.9. The molecule has 4 rings (SSSR count). The van der Waals surface area contributed by atoms with Crippen molar-refractivity contribution in [2.75, 3.05) is 19.6 Å². The lowest BCUT2D eigenvalue weighted by Crippen LogP contribution is -2.48. The van der Waals surface area contributed by atoms with Crippen molar-refractivity contribution in [3.63, 3.8) is 0 Å². The molecule has 25 heavy (non-hydrogen) atoms. The van der Waals surface area contributed by atoms with E-state index in [1.165, 1.54) is 41.3 Å². The maximum atomic E-state index is 12.9. The smallest absolute Gasteiger partial charge is 0.227 e. The molecule has 5 heteroatoms. The molecule has 0 spiro atoms. The number of benzene rings is 1. The standard InChI is InChI=1S/C20H27N3O.ClH/c1-14-5-4-7-17-18(14)15(11-23-17)8-10-22-19(24)20-9-3-2-6-16(20)12-21-13-20;/h4-5,7,11,16,21,23H,2-3,6,8-10,12-13H2,1H3,(H,22,24);1H/t16-,20+;/m0./s1. The quantitative estimate of drug-likeness (QED) is 0.782. The predicted octanol–water partition coefficient (Wildman–Crippen LogP) is 3.34. The molecule has 0 unspecified atom stereocenters. The summed E-state index contributed by atoms with van der Waals surface area (Å²) in [4.78, 5) is 16.2. The number of aryl methyl sites for hydroxylation is 1. The lowest BCUT2D eigenvalue weighted by atomic mass is 9.67. The van der Waals surface area contributed by atoms with Crippen LogP contribution < -0.4 is 10.6 Å². The average molecular weight is 362 g/mol. The van der Waals surface area contributed by atoms with Crippen LogP contribution in [0.4, 0.5) is 0 Å². The fourth-order valence-electron chi connectivity index (χ4n) is 4.83. The summed E-state index contributed by atoms with van der Waals surface area (Å²) in [5.41, 5.74) is 3.63. The number of carbonyl (C=O) groups is 1. The number of amides is 1. The Balaban J connectivity index is 0.00000182. The second kappa shape index (κ2) is 7.38. The number of fused-ring (bicyclic) bond motifs is 2. The summed E-state index contributed by atoms with van der Waals surface area (Å²) in [6.45, 7) is 4.73. The molecule has 1 aromatic heterocycles. The van der Waals surface area contributed by atoms with Crippen LogP contribution in [0.5, 0.6) is 0 Å². The fourth-order valence-corrected chi connectivity index (χ4v) is 4.83. The Labute approximate surface area is 155 Å². The summed E-state index contributed by atoms with van der Waals surface area (Å²) in [5.74, 6) is 0.801. The van der Waals surface area contributed by atoms with Crippen molar-refractivity contribution in [3.8, 4) is 0 Å². The topological polar surface area (TPSA) is 56.9 Å². The van der Waals surface area contributed by atoms with Gasteiger partial charge in [0.05, 0.1) is 5.41 Å². The number of aromatic nitrogens is 1. The van der Waals surface area contributed by atoms with Gasteiger partial charge in [-0.05, 0) is 55.8 Å². The number of hydrogen-bond acceptors (Lipinski definition) is 2. The molecule has 2 aromatic rings. The lowest BCUT2D eigenvalue weighted by Gasteiger charge is -2.37. The van der Waals surface area contributed by atoms with Gasteiger partial charge < -0.3 is 15.6 Å². The van der Waals surface area contributed by atoms with Gasteiger partial charge in [-0.2, -0.15) is 0 Å². The number of rotatable bonds is 4. The van der Waals surface area contributed by atoms with Crippen LogP contribution in [0.1, 0.15) is 36.8 Å². The van der Waals surface area contributed by atoms with Crippen LogP contribution in [0.2, 0.25) is 0 Å². The van der Waals surface area contributed by atoms with Crippen LogP contribution in [0.25, 0.3) is 10.9 Å². The zero-order valence-corrected chi connectivity index (χ0v) is 15.7. The molecule has 1 saturated carbocycles. The summed E-state index contributed by atoms with van der Waals surface area (Å²) in [7, 11) is 0. The highest BCUT2D eigenvalue weighted by molar-refractivity contribution is 5.87. The Morgan fingerprint density at radius 1 is 1.36 bits per heavy atom. The summed E-state index contributed by atoms with van der Waals surface area (Å²) >= 11 is 0. The van der Waals surface area contributed by atoms with Crippen LogP contribution in [-0.4, -0.2) is 30.5 Å². The monoisotopic (exact) mass is 361 g/mol. The molecule has 1 aromatic carbocycles. The van der Waals surface area contributed by atoms with E-state index in [1.54, 1.807) is 0 Å². The van der Waals surface area contributed by atoms with Crippen molar-refractivity contribution in [1.29, 1.82) is 0 Å². The van der Waals surface area contributed by atoms with Gasteiger partial charge in [-0.15, -0.1) is 12.4 Å². The van der Waals surface area contributed by atoms with Gasteiger partial charge in [0.1, 0.15) is 0 Å². The van der Waals surface area contributed by atoms with E-state index in [2.05, 4.69) is 46.9 Å². The van der Waals surface area contributed by atoms with Gasteiger partial charge in [0.25, 0.3) is 0 Å². The fraction of sp³-hybridized carbons (Fsp3) is 0.550. The van der Waals surface area contributed by atoms with Crippen molar-refractivity contribution in [2.45, 2.75) is 39.0 Å². The number of halogens is 1. The van der Waals surface area contributed by atoms with Crippen LogP contribution in [0, 0.1) is 18.3 Å². The first-order valence-corrected chi connectivity index (χ1v) is 9.25. The highest BCUT2D eigenvalue weighted by atomic mass is 35.5. The highest BCUT2D eigenvalue weighted by Crippen LogP contribution is 2.43. The molecule has 1 amide bonds. The minimum atomic E-state index is -0.144. The van der Waals surface area contributed by atoms with Crippen LogP contribution in [-0.2, 0) is 11.2 Å². The minimum Gasteiger partial charge on any atom is -0.361 e. The molecule has 2 fully saturated rings. The summed E-state index contributed by atoms with van der Waals surface area (Å²) in [6.07, 6.45) is 7.67. The van der Waals surface area contributed by atoms with Crippen LogP contribution in [0.15, 0.2) is 24.4 Å². The normalized spacial score (nSPS) is 25.4. The van der Waals surface area contributed by atoms with E-state index in [9.17, 15) is 4.79 Å². The van der Waals surface area contributed by atoms with Crippen molar-refractivity contribution < 1.29 is 4.79 Å². The van der Waals surface area contributed by atoms with Crippen molar-refractivity contribution in [3.05, 3.63) is 35.5 Å². The highest BCUT2D eigenvalue weighted by Gasteiger charge is 2.49. The largest absolute Gasteiger partial charge is 0.361 e. The molecule has 0 radical (unpaired) electrons. The molecular weight excluding hydrogens is 334 g/mol. The first-order valence-electron chi connectivity index (χ1n) is 9.25. The third kappa shape index (κ3) is 3.18. The van der Waals surface area contributed by atoms with Gasteiger partial charge in [-0.25, -0.2) is 0 Å². The Hall–Kier alpha value is -1.52. The Bertz CT molecular complexity index is 756. The van der Waals surface area contributed by atoms with Gasteiger partial charge in [-0.3, -0.25) is 4.79 Å². The third-order valence-corrected chi connectivity index (χ3v) is 6.17. The summed E-state index contributed by atoms with van der Waals surface area (Å²) in [5, 5.41) is 8.01. The molecule has 1 aliphatic heterocycles. The average Bonchev–Trinajstić information content (AvgIpc) is 3.20. The molecule has 2 atom stereocenters. The molecule has 1 aliphatic carbocycles. The van der Waals surface area contributed by atoms with Crippen molar-refractivity contribution >= 4 is 29.2 Å². The third-order valence-electron chi connectivity index (χ3n) is 6.17. The van der Waals surface area contributed by atoms with Crippen molar-refractivity contribution in [2.24, 2.45) is 11.3 Å². The Kier molecular flexibility index (Phi) is 5.40. The molecule has 2 heterocycles. The molecular formula is C20H28ClN3O. The molecule has 4 nitrogen and oxygen atoms in total. The molecule has 2 aliphatic rings.